The first-order valence-electron chi connectivity index (χ1n) is 8.36. The number of para-hydroxylation sites is 1. The standard InChI is InChI=1S/C20H20N2OS/c23-20(10-13-22-12-9-15-5-1-3-7-18(15)22)21-17-11-14-24-19-8-4-2-6-16(17)19/h1-9,12,17H,10-11,13-14H2,(H,21,23). The molecule has 1 amide bonds. The van der Waals surface area contributed by atoms with E-state index < -0.39 is 0 Å². The maximum atomic E-state index is 12.4. The fraction of sp³-hybridized carbons (Fsp3) is 0.250. The number of nitrogens with one attached hydrogen (secondary N) is 1. The lowest BCUT2D eigenvalue weighted by Gasteiger charge is -2.26. The van der Waals surface area contributed by atoms with Crippen molar-refractivity contribution in [1.82, 2.24) is 9.88 Å². The van der Waals surface area contributed by atoms with E-state index in [1.807, 2.05) is 23.9 Å². The van der Waals surface area contributed by atoms with Crippen molar-refractivity contribution in [3.8, 4) is 0 Å². The van der Waals surface area contributed by atoms with Gasteiger partial charge in [-0.3, -0.25) is 4.79 Å². The molecule has 4 rings (SSSR count). The molecule has 0 spiro atoms. The van der Waals surface area contributed by atoms with E-state index in [1.165, 1.54) is 21.4 Å². The Bertz CT molecular complexity index is 871. The van der Waals surface area contributed by atoms with Crippen LogP contribution in [-0.2, 0) is 11.3 Å². The van der Waals surface area contributed by atoms with Crippen molar-refractivity contribution in [2.45, 2.75) is 30.3 Å². The highest BCUT2D eigenvalue weighted by molar-refractivity contribution is 7.99. The first-order valence-corrected chi connectivity index (χ1v) is 9.35. The number of fused-ring (bicyclic) bond motifs is 2. The Morgan fingerprint density at radius 1 is 1.12 bits per heavy atom. The smallest absolute Gasteiger partial charge is 0.222 e. The van der Waals surface area contributed by atoms with Crippen LogP contribution in [0.25, 0.3) is 10.9 Å². The number of hydrogen-bond acceptors (Lipinski definition) is 2. The van der Waals surface area contributed by atoms with E-state index in [-0.39, 0.29) is 11.9 Å². The molecule has 2 heterocycles. The highest BCUT2D eigenvalue weighted by Gasteiger charge is 2.21. The topological polar surface area (TPSA) is 34.0 Å². The number of aryl methyl sites for hydroxylation is 1. The van der Waals surface area contributed by atoms with E-state index in [2.05, 4.69) is 58.5 Å². The third-order valence-electron chi connectivity index (χ3n) is 4.55. The molecule has 0 aliphatic carbocycles. The summed E-state index contributed by atoms with van der Waals surface area (Å²) in [5.41, 5.74) is 2.44. The summed E-state index contributed by atoms with van der Waals surface area (Å²) in [6.07, 6.45) is 3.56. The van der Waals surface area contributed by atoms with E-state index in [1.54, 1.807) is 0 Å². The molecule has 3 aromatic rings. The first-order chi connectivity index (χ1) is 11.8. The summed E-state index contributed by atoms with van der Waals surface area (Å²) in [6, 6.07) is 18.9. The Labute approximate surface area is 146 Å². The van der Waals surface area contributed by atoms with Crippen LogP contribution < -0.4 is 5.32 Å². The van der Waals surface area contributed by atoms with Gasteiger partial charge in [0.2, 0.25) is 5.91 Å². The van der Waals surface area contributed by atoms with E-state index >= 15 is 0 Å². The maximum absolute atomic E-state index is 12.4. The minimum atomic E-state index is 0.125. The minimum absolute atomic E-state index is 0.125. The van der Waals surface area contributed by atoms with Crippen LogP contribution in [0.5, 0.6) is 0 Å². The molecule has 0 saturated carbocycles. The van der Waals surface area contributed by atoms with Gasteiger partial charge in [-0.15, -0.1) is 11.8 Å². The molecule has 2 aromatic carbocycles. The van der Waals surface area contributed by atoms with Crippen molar-refractivity contribution in [3.63, 3.8) is 0 Å². The summed E-state index contributed by atoms with van der Waals surface area (Å²) in [6.45, 7) is 0.711. The SMILES string of the molecule is O=C(CCn1ccc2ccccc21)NC1CCSc2ccccc21. The average molecular weight is 336 g/mol. The fourth-order valence-corrected chi connectivity index (χ4v) is 4.44. The van der Waals surface area contributed by atoms with Crippen LogP contribution in [0.1, 0.15) is 24.4 Å². The molecule has 1 aromatic heterocycles. The summed E-state index contributed by atoms with van der Waals surface area (Å²) >= 11 is 1.88. The molecule has 0 fully saturated rings. The number of carbonyl (C=O) groups excluding carboxylic acids is 1. The molecule has 122 valence electrons. The second-order valence-corrected chi connectivity index (χ2v) is 7.25. The van der Waals surface area contributed by atoms with Gasteiger partial charge in [-0.25, -0.2) is 0 Å². The summed E-state index contributed by atoms with van der Waals surface area (Å²) < 4.78 is 2.15. The van der Waals surface area contributed by atoms with Gasteiger partial charge in [0, 0.05) is 35.3 Å². The zero-order valence-corrected chi connectivity index (χ0v) is 14.3. The Balaban J connectivity index is 1.41. The largest absolute Gasteiger partial charge is 0.349 e. The maximum Gasteiger partial charge on any atom is 0.222 e. The van der Waals surface area contributed by atoms with Crippen LogP contribution in [0.2, 0.25) is 0 Å². The Kier molecular flexibility index (Phi) is 4.30. The van der Waals surface area contributed by atoms with Gasteiger partial charge in [0.1, 0.15) is 0 Å². The van der Waals surface area contributed by atoms with Crippen LogP contribution in [0.15, 0.2) is 65.7 Å². The lowest BCUT2D eigenvalue weighted by atomic mass is 10.0. The van der Waals surface area contributed by atoms with Gasteiger partial charge in [-0.05, 0) is 35.6 Å². The van der Waals surface area contributed by atoms with Crippen molar-refractivity contribution in [2.24, 2.45) is 0 Å². The van der Waals surface area contributed by atoms with Crippen molar-refractivity contribution < 1.29 is 4.79 Å². The lowest BCUT2D eigenvalue weighted by Crippen LogP contribution is -2.31. The molecule has 3 nitrogen and oxygen atoms in total. The van der Waals surface area contributed by atoms with E-state index in [0.29, 0.717) is 13.0 Å². The van der Waals surface area contributed by atoms with Crippen LogP contribution in [-0.4, -0.2) is 16.2 Å². The van der Waals surface area contributed by atoms with Crippen molar-refractivity contribution in [2.75, 3.05) is 5.75 Å². The Morgan fingerprint density at radius 3 is 2.92 bits per heavy atom. The molecule has 1 aliphatic heterocycles. The molecule has 1 unspecified atom stereocenters. The fourth-order valence-electron chi connectivity index (χ4n) is 3.32. The highest BCUT2D eigenvalue weighted by Crippen LogP contribution is 2.35. The second kappa shape index (κ2) is 6.73. The van der Waals surface area contributed by atoms with Crippen LogP contribution in [0.3, 0.4) is 0 Å². The second-order valence-electron chi connectivity index (χ2n) is 6.11. The molecule has 4 heteroatoms. The zero-order valence-electron chi connectivity index (χ0n) is 13.4. The number of carbonyl (C=O) groups is 1. The number of amides is 1. The molecule has 1 aliphatic rings. The number of nitrogens with zero attached hydrogens (tertiary/aromatic N) is 1. The van der Waals surface area contributed by atoms with E-state index in [0.717, 1.165) is 12.2 Å². The third-order valence-corrected chi connectivity index (χ3v) is 5.68. The minimum Gasteiger partial charge on any atom is -0.349 e. The van der Waals surface area contributed by atoms with E-state index in [9.17, 15) is 4.79 Å². The Hall–Kier alpha value is -2.20. The molecule has 1 atom stereocenters. The summed E-state index contributed by atoms with van der Waals surface area (Å²) in [5.74, 6) is 1.18. The molecule has 24 heavy (non-hydrogen) atoms. The number of aromatic nitrogens is 1. The van der Waals surface area contributed by atoms with Gasteiger partial charge in [0.25, 0.3) is 0 Å². The lowest BCUT2D eigenvalue weighted by molar-refractivity contribution is -0.122. The van der Waals surface area contributed by atoms with Crippen molar-refractivity contribution in [1.29, 1.82) is 0 Å². The van der Waals surface area contributed by atoms with Gasteiger partial charge in [0.05, 0.1) is 6.04 Å². The average Bonchev–Trinajstić information content (AvgIpc) is 3.04. The molecular formula is C20H20N2OS. The van der Waals surface area contributed by atoms with Crippen molar-refractivity contribution in [3.05, 3.63) is 66.4 Å². The summed E-state index contributed by atoms with van der Waals surface area (Å²) in [7, 11) is 0. The van der Waals surface area contributed by atoms with Gasteiger partial charge >= 0.3 is 0 Å². The Morgan fingerprint density at radius 2 is 1.96 bits per heavy atom. The summed E-state index contributed by atoms with van der Waals surface area (Å²) in [5, 5.41) is 4.44. The molecule has 0 bridgehead atoms. The van der Waals surface area contributed by atoms with Gasteiger partial charge in [-0.1, -0.05) is 36.4 Å². The normalized spacial score (nSPS) is 16.8. The van der Waals surface area contributed by atoms with Crippen LogP contribution >= 0.6 is 11.8 Å². The van der Waals surface area contributed by atoms with Gasteiger partial charge in [0.15, 0.2) is 0 Å². The highest BCUT2D eigenvalue weighted by atomic mass is 32.2. The van der Waals surface area contributed by atoms with Crippen LogP contribution in [0, 0.1) is 0 Å². The van der Waals surface area contributed by atoms with Crippen LogP contribution in [0.4, 0.5) is 0 Å². The van der Waals surface area contributed by atoms with Gasteiger partial charge < -0.3 is 9.88 Å². The summed E-state index contributed by atoms with van der Waals surface area (Å²) in [4.78, 5) is 13.7. The molecule has 0 radical (unpaired) electrons. The quantitative estimate of drug-likeness (QED) is 0.767. The number of rotatable bonds is 4. The van der Waals surface area contributed by atoms with Gasteiger partial charge in [-0.2, -0.15) is 0 Å². The van der Waals surface area contributed by atoms with E-state index in [4.69, 9.17) is 0 Å². The molecular weight excluding hydrogens is 316 g/mol. The first kappa shape index (κ1) is 15.3. The van der Waals surface area contributed by atoms with Crippen molar-refractivity contribution >= 4 is 28.6 Å². The number of thioether (sulfide) groups is 1. The molecule has 1 N–H and O–H groups in total. The zero-order chi connectivity index (χ0) is 16.4. The monoisotopic (exact) mass is 336 g/mol. The third kappa shape index (κ3) is 3.06. The number of hydrogen-bond donors (Lipinski definition) is 1. The number of benzene rings is 2. The predicted molar refractivity (Wildman–Crippen MR) is 99.2 cm³/mol. The predicted octanol–water partition coefficient (Wildman–Crippen LogP) is 4.38. The molecule has 0 saturated heterocycles.